The second-order valence-corrected chi connectivity index (χ2v) is 8.07. The van der Waals surface area contributed by atoms with E-state index >= 15 is 0 Å². The van der Waals surface area contributed by atoms with Gasteiger partial charge in [0.1, 0.15) is 4.60 Å². The SMILES string of the molecule is Cn1cc(C(=O)NCC23CCC(CC2)CC3)c2c(Br)nccc21. The molecule has 5 rings (SSSR count). The van der Waals surface area contributed by atoms with E-state index in [9.17, 15) is 4.79 Å². The summed E-state index contributed by atoms with van der Waals surface area (Å²) < 4.78 is 2.72. The maximum atomic E-state index is 12.8. The minimum absolute atomic E-state index is 0.0198. The van der Waals surface area contributed by atoms with Crippen LogP contribution in [0.25, 0.3) is 10.9 Å². The van der Waals surface area contributed by atoms with Gasteiger partial charge in [-0.1, -0.05) is 0 Å². The van der Waals surface area contributed by atoms with Crippen LogP contribution in [0.5, 0.6) is 0 Å². The lowest BCUT2D eigenvalue weighted by molar-refractivity contribution is 0.0598. The summed E-state index contributed by atoms with van der Waals surface area (Å²) in [6, 6.07) is 1.94. The highest BCUT2D eigenvalue weighted by atomic mass is 79.9. The van der Waals surface area contributed by atoms with Crippen molar-refractivity contribution in [3.63, 3.8) is 0 Å². The Balaban J connectivity index is 1.56. The van der Waals surface area contributed by atoms with Crippen molar-refractivity contribution in [3.05, 3.63) is 28.6 Å². The van der Waals surface area contributed by atoms with E-state index in [0.29, 0.717) is 11.0 Å². The van der Waals surface area contributed by atoms with Crippen molar-refractivity contribution in [1.29, 1.82) is 0 Å². The molecule has 2 aromatic heterocycles. The maximum absolute atomic E-state index is 12.8. The molecule has 0 atom stereocenters. The first-order valence-electron chi connectivity index (χ1n) is 8.46. The van der Waals surface area contributed by atoms with Crippen LogP contribution >= 0.6 is 15.9 Å². The van der Waals surface area contributed by atoms with Gasteiger partial charge in [-0.3, -0.25) is 4.79 Å². The third kappa shape index (κ3) is 2.59. The molecule has 1 N–H and O–H groups in total. The van der Waals surface area contributed by atoms with Gasteiger partial charge in [-0.25, -0.2) is 4.98 Å². The number of nitrogens with zero attached hydrogens (tertiary/aromatic N) is 2. The first kappa shape index (κ1) is 15.2. The lowest BCUT2D eigenvalue weighted by Gasteiger charge is -2.46. The highest BCUT2D eigenvalue weighted by Crippen LogP contribution is 2.49. The second kappa shape index (κ2) is 5.62. The fourth-order valence-electron chi connectivity index (χ4n) is 4.44. The molecule has 5 heteroatoms. The van der Waals surface area contributed by atoms with E-state index in [1.807, 2.05) is 23.9 Å². The summed E-state index contributed by atoms with van der Waals surface area (Å²) >= 11 is 3.48. The third-order valence-electron chi connectivity index (χ3n) is 5.97. The fraction of sp³-hybridized carbons (Fsp3) is 0.556. The average Bonchev–Trinajstić information content (AvgIpc) is 2.93. The van der Waals surface area contributed by atoms with E-state index < -0.39 is 0 Å². The summed E-state index contributed by atoms with van der Waals surface area (Å²) in [5.74, 6) is 0.971. The van der Waals surface area contributed by atoms with E-state index in [0.717, 1.165) is 28.0 Å². The van der Waals surface area contributed by atoms with Gasteiger partial charge >= 0.3 is 0 Å². The van der Waals surface area contributed by atoms with Gasteiger partial charge < -0.3 is 9.88 Å². The predicted molar refractivity (Wildman–Crippen MR) is 94.4 cm³/mol. The number of carbonyl (C=O) groups excluding carboxylic acids is 1. The van der Waals surface area contributed by atoms with Crippen LogP contribution in [0.3, 0.4) is 0 Å². The molecular formula is C18H22BrN3O. The summed E-state index contributed by atoms with van der Waals surface area (Å²) in [6.07, 6.45) is 11.5. The van der Waals surface area contributed by atoms with Crippen molar-refractivity contribution in [2.24, 2.45) is 18.4 Å². The molecular weight excluding hydrogens is 354 g/mol. The van der Waals surface area contributed by atoms with E-state index in [1.165, 1.54) is 38.5 Å². The van der Waals surface area contributed by atoms with Gasteiger partial charge in [0.25, 0.3) is 5.91 Å². The zero-order valence-corrected chi connectivity index (χ0v) is 15.0. The Morgan fingerprint density at radius 3 is 2.78 bits per heavy atom. The summed E-state index contributed by atoms with van der Waals surface area (Å²) in [5, 5.41) is 4.12. The maximum Gasteiger partial charge on any atom is 0.253 e. The van der Waals surface area contributed by atoms with Crippen LogP contribution in [0.4, 0.5) is 0 Å². The Labute approximate surface area is 144 Å². The monoisotopic (exact) mass is 375 g/mol. The Hall–Kier alpha value is -1.36. The minimum atomic E-state index is 0.0198. The number of hydrogen-bond acceptors (Lipinski definition) is 2. The smallest absolute Gasteiger partial charge is 0.253 e. The van der Waals surface area contributed by atoms with Crippen molar-refractivity contribution in [2.75, 3.05) is 6.54 Å². The van der Waals surface area contributed by atoms with Crippen molar-refractivity contribution in [3.8, 4) is 0 Å². The molecule has 2 bridgehead atoms. The molecule has 4 nitrogen and oxygen atoms in total. The first-order valence-corrected chi connectivity index (χ1v) is 9.25. The number of amides is 1. The molecule has 3 aliphatic rings. The average molecular weight is 376 g/mol. The molecule has 1 amide bonds. The standard InChI is InChI=1S/C18H22BrN3O/c1-22-10-13(15-14(22)5-9-20-16(15)19)17(23)21-11-18-6-2-12(3-7-18)4-8-18/h5,9-10,12H,2-4,6-8,11H2,1H3,(H,21,23). The normalized spacial score (nSPS) is 26.6. The van der Waals surface area contributed by atoms with Crippen LogP contribution in [0.15, 0.2) is 23.1 Å². The number of carbonyl (C=O) groups is 1. The number of pyridine rings is 1. The summed E-state index contributed by atoms with van der Waals surface area (Å²) in [5.41, 5.74) is 2.08. The quantitative estimate of drug-likeness (QED) is 0.822. The molecule has 0 aliphatic heterocycles. The van der Waals surface area contributed by atoms with Gasteiger partial charge in [-0.05, 0) is 71.9 Å². The summed E-state index contributed by atoms with van der Waals surface area (Å²) in [7, 11) is 1.96. The lowest BCUT2D eigenvalue weighted by Crippen LogP contribution is -2.43. The molecule has 0 unspecified atom stereocenters. The van der Waals surface area contributed by atoms with Crippen LogP contribution < -0.4 is 5.32 Å². The molecule has 0 aromatic carbocycles. The highest BCUT2D eigenvalue weighted by molar-refractivity contribution is 9.10. The number of halogens is 1. The van der Waals surface area contributed by atoms with Crippen molar-refractivity contribution < 1.29 is 4.79 Å². The lowest BCUT2D eigenvalue weighted by atomic mass is 9.61. The zero-order valence-electron chi connectivity index (χ0n) is 13.4. The first-order chi connectivity index (χ1) is 11.1. The number of hydrogen-bond donors (Lipinski definition) is 1. The van der Waals surface area contributed by atoms with Gasteiger partial charge in [0.05, 0.1) is 11.1 Å². The van der Waals surface area contributed by atoms with Crippen LogP contribution in [0.2, 0.25) is 0 Å². The molecule has 0 spiro atoms. The molecule has 3 fully saturated rings. The molecule has 2 aromatic rings. The van der Waals surface area contributed by atoms with E-state index in [2.05, 4.69) is 26.2 Å². The Morgan fingerprint density at radius 1 is 1.39 bits per heavy atom. The molecule has 3 saturated carbocycles. The number of aromatic nitrogens is 2. The van der Waals surface area contributed by atoms with Gasteiger partial charge in [-0.2, -0.15) is 0 Å². The van der Waals surface area contributed by atoms with Gasteiger partial charge in [0.15, 0.2) is 0 Å². The van der Waals surface area contributed by atoms with Gasteiger partial charge in [0.2, 0.25) is 0 Å². The fourth-order valence-corrected chi connectivity index (χ4v) is 4.97. The molecule has 23 heavy (non-hydrogen) atoms. The largest absolute Gasteiger partial charge is 0.351 e. The zero-order chi connectivity index (χ0) is 16.0. The van der Waals surface area contributed by atoms with Crippen molar-refractivity contribution in [2.45, 2.75) is 38.5 Å². The van der Waals surface area contributed by atoms with E-state index in [4.69, 9.17) is 0 Å². The number of nitrogens with one attached hydrogen (secondary N) is 1. The highest BCUT2D eigenvalue weighted by Gasteiger charge is 2.40. The van der Waals surface area contributed by atoms with Crippen molar-refractivity contribution >= 4 is 32.7 Å². The van der Waals surface area contributed by atoms with Crippen LogP contribution in [0, 0.1) is 11.3 Å². The predicted octanol–water partition coefficient (Wildman–Crippen LogP) is 4.04. The van der Waals surface area contributed by atoms with E-state index in [1.54, 1.807) is 6.20 Å². The minimum Gasteiger partial charge on any atom is -0.351 e. The molecule has 3 aliphatic carbocycles. The summed E-state index contributed by atoms with van der Waals surface area (Å²) in [4.78, 5) is 17.0. The Kier molecular flexibility index (Phi) is 3.71. The van der Waals surface area contributed by atoms with Crippen LogP contribution in [-0.4, -0.2) is 22.0 Å². The van der Waals surface area contributed by atoms with Gasteiger partial charge in [0, 0.05) is 31.4 Å². The summed E-state index contributed by atoms with van der Waals surface area (Å²) in [6.45, 7) is 0.812. The topological polar surface area (TPSA) is 46.9 Å². The molecule has 2 heterocycles. The van der Waals surface area contributed by atoms with Gasteiger partial charge in [-0.15, -0.1) is 0 Å². The molecule has 122 valence electrons. The van der Waals surface area contributed by atoms with Crippen molar-refractivity contribution in [1.82, 2.24) is 14.9 Å². The van der Waals surface area contributed by atoms with Crippen LogP contribution in [0.1, 0.15) is 48.9 Å². The number of aryl methyl sites for hydroxylation is 1. The number of rotatable bonds is 3. The molecule has 0 radical (unpaired) electrons. The molecule has 0 saturated heterocycles. The third-order valence-corrected chi connectivity index (χ3v) is 6.57. The van der Waals surface area contributed by atoms with Crippen LogP contribution in [-0.2, 0) is 7.05 Å². The van der Waals surface area contributed by atoms with E-state index in [-0.39, 0.29) is 5.91 Å². The Morgan fingerprint density at radius 2 is 2.09 bits per heavy atom. The second-order valence-electron chi connectivity index (χ2n) is 7.31. The Bertz CT molecular complexity index is 745. The number of fused-ring (bicyclic) bond motifs is 4.